The molecule has 22 heavy (non-hydrogen) atoms. The highest BCUT2D eigenvalue weighted by Crippen LogP contribution is 2.29. The van der Waals surface area contributed by atoms with Gasteiger partial charge in [0.05, 0.1) is 23.2 Å². The lowest BCUT2D eigenvalue weighted by molar-refractivity contribution is -0.385. The molecule has 0 fully saturated rings. The largest absolute Gasteiger partial charge is 0.465 e. The smallest absolute Gasteiger partial charge is 0.338 e. The second-order valence-corrected chi connectivity index (χ2v) is 4.87. The van der Waals surface area contributed by atoms with Crippen LogP contribution in [0.5, 0.6) is 0 Å². The predicted octanol–water partition coefficient (Wildman–Crippen LogP) is 3.25. The molecule has 2 aromatic rings. The van der Waals surface area contributed by atoms with Crippen molar-refractivity contribution in [1.82, 2.24) is 4.98 Å². The van der Waals surface area contributed by atoms with E-state index in [9.17, 15) is 14.9 Å². The molecule has 0 unspecified atom stereocenters. The molecule has 2 rings (SSSR count). The average Bonchev–Trinajstić information content (AvgIpc) is 2.81. The summed E-state index contributed by atoms with van der Waals surface area (Å²) in [4.78, 5) is 25.9. The summed E-state index contributed by atoms with van der Waals surface area (Å²) in [5, 5.41) is 11.2. The van der Waals surface area contributed by atoms with Gasteiger partial charge in [-0.1, -0.05) is 12.1 Å². The molecule has 0 spiro atoms. The lowest BCUT2D eigenvalue weighted by Crippen LogP contribution is -2.06. The third-order valence-corrected chi connectivity index (χ3v) is 3.27. The Bertz CT molecular complexity index is 759. The number of hydrogen-bond acceptors (Lipinski definition) is 4. The lowest BCUT2D eigenvalue weighted by atomic mass is 10.0. The molecule has 0 saturated carbocycles. The molecule has 0 aliphatic carbocycles. The number of ether oxygens (including phenoxy) is 1. The summed E-state index contributed by atoms with van der Waals surface area (Å²) in [6, 6.07) is 8.03. The van der Waals surface area contributed by atoms with Crippen molar-refractivity contribution >= 4 is 23.3 Å². The van der Waals surface area contributed by atoms with E-state index in [0.717, 1.165) is 17.0 Å². The molecule has 1 aromatic heterocycles. The molecular formula is C16H16N2O4. The third-order valence-electron chi connectivity index (χ3n) is 3.27. The number of nitrogens with zero attached hydrogens (tertiary/aromatic N) is 1. The van der Waals surface area contributed by atoms with Crippen LogP contribution < -0.4 is 0 Å². The minimum absolute atomic E-state index is 0.139. The van der Waals surface area contributed by atoms with Gasteiger partial charge in [-0.05, 0) is 37.6 Å². The van der Waals surface area contributed by atoms with Gasteiger partial charge in [0.1, 0.15) is 0 Å². The van der Waals surface area contributed by atoms with E-state index in [1.807, 2.05) is 19.9 Å². The van der Waals surface area contributed by atoms with Gasteiger partial charge in [-0.2, -0.15) is 0 Å². The maximum Gasteiger partial charge on any atom is 0.338 e. The Morgan fingerprint density at radius 1 is 1.32 bits per heavy atom. The van der Waals surface area contributed by atoms with E-state index >= 15 is 0 Å². The summed E-state index contributed by atoms with van der Waals surface area (Å²) < 4.78 is 4.78. The Balaban J connectivity index is 2.64. The van der Waals surface area contributed by atoms with Gasteiger partial charge in [0, 0.05) is 17.5 Å². The predicted molar refractivity (Wildman–Crippen MR) is 83.3 cm³/mol. The summed E-state index contributed by atoms with van der Waals surface area (Å²) in [6.07, 6.45) is 1.58. The number of H-pyrrole nitrogens is 1. The Hall–Kier alpha value is -2.89. The normalized spacial score (nSPS) is 11.3. The molecule has 6 heteroatoms. The van der Waals surface area contributed by atoms with Crippen molar-refractivity contribution in [3.8, 4) is 0 Å². The van der Waals surface area contributed by atoms with Crippen LogP contribution in [0.4, 0.5) is 5.69 Å². The van der Waals surface area contributed by atoms with Crippen LogP contribution in [0.1, 0.15) is 22.5 Å². The number of hydrogen-bond donors (Lipinski definition) is 1. The number of carbonyl (C=O) groups is 1. The zero-order valence-electron chi connectivity index (χ0n) is 12.5. The minimum Gasteiger partial charge on any atom is -0.465 e. The Kier molecular flexibility index (Phi) is 4.41. The van der Waals surface area contributed by atoms with E-state index in [1.165, 1.54) is 19.2 Å². The Morgan fingerprint density at radius 3 is 2.55 bits per heavy atom. The molecular weight excluding hydrogens is 284 g/mol. The number of aryl methyl sites for hydroxylation is 2. The van der Waals surface area contributed by atoms with E-state index < -0.39 is 10.9 Å². The quantitative estimate of drug-likeness (QED) is 0.406. The lowest BCUT2D eigenvalue weighted by Gasteiger charge is -2.07. The fourth-order valence-electron chi connectivity index (χ4n) is 2.26. The SMILES string of the molecule is COC(=O)/C(=C/c1[nH]c(C)cc1C)c1ccccc1[N+](=O)[O-]. The van der Waals surface area contributed by atoms with Crippen LogP contribution in [0.3, 0.4) is 0 Å². The van der Waals surface area contributed by atoms with Crippen LogP contribution in [-0.2, 0) is 9.53 Å². The van der Waals surface area contributed by atoms with Gasteiger partial charge in [-0.3, -0.25) is 10.1 Å². The van der Waals surface area contributed by atoms with Crippen LogP contribution in [0.2, 0.25) is 0 Å². The number of rotatable bonds is 4. The van der Waals surface area contributed by atoms with Crippen molar-refractivity contribution in [1.29, 1.82) is 0 Å². The van der Waals surface area contributed by atoms with Crippen LogP contribution in [0, 0.1) is 24.0 Å². The van der Waals surface area contributed by atoms with Crippen molar-refractivity contribution in [2.24, 2.45) is 0 Å². The van der Waals surface area contributed by atoms with Crippen molar-refractivity contribution in [2.75, 3.05) is 7.11 Å². The van der Waals surface area contributed by atoms with Gasteiger partial charge in [0.2, 0.25) is 0 Å². The number of para-hydroxylation sites is 1. The van der Waals surface area contributed by atoms with Crippen molar-refractivity contribution in [3.63, 3.8) is 0 Å². The van der Waals surface area contributed by atoms with E-state index in [1.54, 1.807) is 18.2 Å². The monoisotopic (exact) mass is 300 g/mol. The highest BCUT2D eigenvalue weighted by atomic mass is 16.6. The fraction of sp³-hybridized carbons (Fsp3) is 0.188. The number of esters is 1. The maximum absolute atomic E-state index is 12.1. The average molecular weight is 300 g/mol. The summed E-state index contributed by atoms with van der Waals surface area (Å²) in [5.41, 5.74) is 2.83. The van der Waals surface area contributed by atoms with E-state index in [-0.39, 0.29) is 16.8 Å². The Labute approximate surface area is 127 Å². The molecule has 114 valence electrons. The zero-order valence-corrected chi connectivity index (χ0v) is 12.5. The minimum atomic E-state index is -0.624. The van der Waals surface area contributed by atoms with Crippen molar-refractivity contribution < 1.29 is 14.5 Å². The highest BCUT2D eigenvalue weighted by molar-refractivity contribution is 6.22. The van der Waals surface area contributed by atoms with Gasteiger partial charge in [0.25, 0.3) is 5.69 Å². The first-order chi connectivity index (χ1) is 10.4. The van der Waals surface area contributed by atoms with Crippen LogP contribution in [0.25, 0.3) is 11.6 Å². The molecule has 6 nitrogen and oxygen atoms in total. The number of carbonyl (C=O) groups excluding carboxylic acids is 1. The summed E-state index contributed by atoms with van der Waals surface area (Å²) in [7, 11) is 1.25. The molecule has 0 amide bonds. The second kappa shape index (κ2) is 6.26. The first-order valence-corrected chi connectivity index (χ1v) is 6.64. The van der Waals surface area contributed by atoms with Gasteiger partial charge in [-0.25, -0.2) is 4.79 Å². The number of benzene rings is 1. The molecule has 0 radical (unpaired) electrons. The molecule has 0 saturated heterocycles. The van der Waals surface area contributed by atoms with Crippen LogP contribution in [-0.4, -0.2) is 23.0 Å². The van der Waals surface area contributed by atoms with Gasteiger partial charge < -0.3 is 9.72 Å². The molecule has 1 heterocycles. The number of aromatic nitrogens is 1. The number of nitro groups is 1. The van der Waals surface area contributed by atoms with Crippen molar-refractivity contribution in [2.45, 2.75) is 13.8 Å². The van der Waals surface area contributed by atoms with Crippen LogP contribution >= 0.6 is 0 Å². The number of nitro benzene ring substituents is 1. The standard InChI is InChI=1S/C16H16N2O4/c1-10-8-11(2)17-14(10)9-13(16(19)22-3)12-6-4-5-7-15(12)18(20)21/h4-9,17H,1-3H3/b13-9+. The molecule has 0 bridgehead atoms. The fourth-order valence-corrected chi connectivity index (χ4v) is 2.26. The third kappa shape index (κ3) is 3.06. The van der Waals surface area contributed by atoms with E-state index in [4.69, 9.17) is 4.74 Å². The molecule has 1 N–H and O–H groups in total. The summed E-state index contributed by atoms with van der Waals surface area (Å²) in [5.74, 6) is -0.624. The highest BCUT2D eigenvalue weighted by Gasteiger charge is 2.22. The van der Waals surface area contributed by atoms with E-state index in [0.29, 0.717) is 0 Å². The number of methoxy groups -OCH3 is 1. The van der Waals surface area contributed by atoms with E-state index in [2.05, 4.69) is 4.98 Å². The first kappa shape index (κ1) is 15.5. The Morgan fingerprint density at radius 2 is 2.00 bits per heavy atom. The molecule has 1 aromatic carbocycles. The van der Waals surface area contributed by atoms with Gasteiger partial charge in [0.15, 0.2) is 0 Å². The zero-order chi connectivity index (χ0) is 16.3. The number of aromatic amines is 1. The second-order valence-electron chi connectivity index (χ2n) is 4.87. The summed E-state index contributed by atoms with van der Waals surface area (Å²) in [6.45, 7) is 3.79. The topological polar surface area (TPSA) is 85.2 Å². The van der Waals surface area contributed by atoms with Crippen molar-refractivity contribution in [3.05, 3.63) is 63.0 Å². The maximum atomic E-state index is 12.1. The summed E-state index contributed by atoms with van der Waals surface area (Å²) >= 11 is 0. The molecule has 0 atom stereocenters. The van der Waals surface area contributed by atoms with Crippen LogP contribution in [0.15, 0.2) is 30.3 Å². The van der Waals surface area contributed by atoms with Gasteiger partial charge >= 0.3 is 5.97 Å². The molecule has 0 aliphatic rings. The molecule has 0 aliphatic heterocycles. The van der Waals surface area contributed by atoms with Gasteiger partial charge in [-0.15, -0.1) is 0 Å². The number of nitrogens with one attached hydrogen (secondary N) is 1. The first-order valence-electron chi connectivity index (χ1n) is 6.64.